The molecule has 0 bridgehead atoms. The molecule has 0 spiro atoms. The van der Waals surface area contributed by atoms with E-state index >= 15 is 0 Å². The first kappa shape index (κ1) is 203. The molecule has 0 rings (SSSR count). The Morgan fingerprint density at radius 1 is 0.117 bits per heavy atom. The normalized spacial score (nSPS) is 4.50. The van der Waals surface area contributed by atoms with Crippen LogP contribution in [0, 0.1) is 0 Å². The van der Waals surface area contributed by atoms with E-state index in [0.717, 1.165) is 0 Å². The van der Waals surface area contributed by atoms with Gasteiger partial charge in [-0.2, -0.15) is 0 Å². The molecule has 0 aliphatic rings. The molecule has 0 atom stereocenters. The Morgan fingerprint density at radius 2 is 0.117 bits per heavy atom. The third kappa shape index (κ3) is 1730. The van der Waals surface area contributed by atoms with Crippen LogP contribution < -0.4 is 478 Å². The van der Waals surface area contributed by atoms with E-state index in [9.17, 15) is 0 Å². The Kier molecular flexibility index (Phi) is 660. The Hall–Kier alpha value is 14.7. The third-order valence-electron chi connectivity index (χ3n) is 0. The summed E-state index contributed by atoms with van der Waals surface area (Å²) in [7, 11) is 0. The quantitative estimate of drug-likeness (QED) is 0.204. The summed E-state index contributed by atoms with van der Waals surface area (Å²) in [6, 6.07) is 0. The molecule has 0 aromatic carbocycles. The van der Waals surface area contributed by atoms with Crippen molar-refractivity contribution < 1.29 is 478 Å². The fourth-order valence-electron chi connectivity index (χ4n) is 0. The fourth-order valence-corrected chi connectivity index (χ4v) is 0. The van der Waals surface area contributed by atoms with Crippen LogP contribution in [0.4, 0.5) is 0 Å². The summed E-state index contributed by atoms with van der Waals surface area (Å²) >= 11 is 41.6. The molecule has 0 aliphatic heterocycles. The van der Waals surface area contributed by atoms with Crippen LogP contribution in [0.15, 0.2) is 0 Å². The van der Waals surface area contributed by atoms with E-state index in [0.29, 0.717) is 0 Å². The first-order valence-corrected chi connectivity index (χ1v) is 11.3. The Morgan fingerprint density at radius 3 is 0.117 bits per heavy atom. The van der Waals surface area contributed by atoms with Crippen molar-refractivity contribution in [2.45, 2.75) is 0 Å². The number of hydrogen-bond acceptors (Lipinski definition) is 20. The van der Waals surface area contributed by atoms with Crippen molar-refractivity contribution in [3.05, 3.63) is 0 Å². The van der Waals surface area contributed by atoms with Crippen LogP contribution in [0.25, 0.3) is 0 Å². The van der Waals surface area contributed by atoms with Crippen molar-refractivity contribution >= 4 is 180 Å². The van der Waals surface area contributed by atoms with E-state index in [2.05, 4.69) is 115 Å². The molecule has 0 unspecified atom stereocenters. The third-order valence-corrected chi connectivity index (χ3v) is 0. The number of hydrogen-bond donors (Lipinski definition) is 0. The van der Waals surface area contributed by atoms with Crippen molar-refractivity contribution in [1.82, 2.24) is 0 Å². The molecule has 0 N–H and O–H groups in total. The fraction of sp³-hybridized carbons (Fsp3) is 0. The summed E-state index contributed by atoms with van der Waals surface area (Å²) in [6.07, 6.45) is 0. The van der Waals surface area contributed by atoms with Crippen molar-refractivity contribution in [2.75, 3.05) is 0 Å². The molecule has 0 saturated heterocycles. The van der Waals surface area contributed by atoms with Gasteiger partial charge in [0.1, 0.15) is 0 Å². The van der Waals surface area contributed by atoms with E-state index in [1.54, 1.807) is 0 Å². The van der Waals surface area contributed by atoms with E-state index in [1.165, 1.54) is 0 Å². The van der Waals surface area contributed by atoms with Crippen LogP contribution in [-0.4, -0.2) is 65.3 Å². The monoisotopic (exact) mass is 920 g/mol. The molecule has 0 radical (unpaired) electrons. The second-order valence-electron chi connectivity index (χ2n) is 2.74. The summed E-state index contributed by atoms with van der Waals surface area (Å²) in [5, 5.41) is 175. The minimum Gasteiger partial charge on any atom is -0.881 e. The smallest absolute Gasteiger partial charge is 0.881 e. The molecule has 0 aromatic rings. The summed E-state index contributed by atoms with van der Waals surface area (Å²) in [5.41, 5.74) is 0. The SMILES string of the molecule is [Li+].[Li+].[Li+].[Li+].[Li+].[Li+].[Li+].[Li+].[Li+].[Li+].[Li+].[Li+].[Li+].[Li+].[Li+].[Li+].[Li+].[Li+].[Li+].[Li+].[O-]B([O-])Cl.[O-]B([O-])Cl.[O-]B([O-])Cl.[O-]B([O-])Cl.[O-]B([O-])Cl.[O-]B([O-])Cl.[O-]B([O-])Cl.[O-]B([O-])Cl.[O-]B([O-])Cl.[O-]B([O-])Cl. The van der Waals surface area contributed by atoms with Crippen LogP contribution in [0.3, 0.4) is 0 Å². The van der Waals surface area contributed by atoms with Gasteiger partial charge in [-0.05, 0) is 0 Å². The molecule has 0 aromatic heterocycles. The maximum atomic E-state index is 8.74. The average molecular weight is 921 g/mol. The Labute approximate surface area is 644 Å². The van der Waals surface area contributed by atoms with Gasteiger partial charge in [0, 0.05) is 65.3 Å². The molecule has 60 heavy (non-hydrogen) atoms. The molecule has 0 saturated carbocycles. The molecule has 0 amide bonds. The molecule has 240 valence electrons. The van der Waals surface area contributed by atoms with Gasteiger partial charge >= 0.3 is 377 Å². The topological polar surface area (TPSA) is 461 Å². The maximum Gasteiger partial charge on any atom is 1.00 e. The maximum absolute atomic E-state index is 8.74. The Balaban J connectivity index is -0.00000000574. The predicted molar refractivity (Wildman–Crippen MR) is 116 cm³/mol. The van der Waals surface area contributed by atoms with Gasteiger partial charge in [-0.15, -0.1) is 0 Å². The zero-order valence-electron chi connectivity index (χ0n) is 37.7. The summed E-state index contributed by atoms with van der Waals surface area (Å²) in [4.78, 5) is 0. The van der Waals surface area contributed by atoms with E-state index in [4.69, 9.17) is 100 Å². The van der Waals surface area contributed by atoms with Gasteiger partial charge in [0.05, 0.1) is 0 Å². The largest absolute Gasteiger partial charge is 1.00 e. The second kappa shape index (κ2) is 195. The van der Waals surface area contributed by atoms with Gasteiger partial charge in [0.15, 0.2) is 0 Å². The minimum absolute atomic E-state index is 0. The van der Waals surface area contributed by atoms with Crippen molar-refractivity contribution in [3.8, 4) is 0 Å². The zero-order valence-corrected chi connectivity index (χ0v) is 45.3. The molecule has 60 heteroatoms. The van der Waals surface area contributed by atoms with Crippen molar-refractivity contribution in [2.24, 2.45) is 0 Å². The standard InChI is InChI=1S/10BClO2.20Li/c10*2-1(3)4;;;;;;;;;;;;;;;;;;;;/q10*-2;20*+1. The molecular formula is B10Cl10Li20O20. The van der Waals surface area contributed by atoms with Gasteiger partial charge in [-0.3, -0.25) is 0 Å². The van der Waals surface area contributed by atoms with E-state index in [1.807, 2.05) is 0 Å². The van der Waals surface area contributed by atoms with Gasteiger partial charge < -0.3 is 100 Å². The first-order chi connectivity index (χ1) is 17.3. The van der Waals surface area contributed by atoms with E-state index in [-0.39, 0.29) is 377 Å². The van der Waals surface area contributed by atoms with Crippen LogP contribution in [-0.2, 0) is 0 Å². The Bertz CT molecular complexity index is 262. The van der Waals surface area contributed by atoms with E-state index < -0.39 is 65.3 Å². The first-order valence-electron chi connectivity index (χ1n) is 6.90. The molecule has 0 fully saturated rings. The zero-order chi connectivity index (χ0) is 35.8. The minimum atomic E-state index is -2.19. The summed E-state index contributed by atoms with van der Waals surface area (Å²) in [6.45, 7) is -21.9. The molecule has 0 heterocycles. The van der Waals surface area contributed by atoms with Crippen LogP contribution in [0.1, 0.15) is 0 Å². The predicted octanol–water partition coefficient (Wildman–Crippen LogP) is -80.6. The van der Waals surface area contributed by atoms with Gasteiger partial charge in [-0.25, -0.2) is 115 Å². The van der Waals surface area contributed by atoms with Crippen molar-refractivity contribution in [1.29, 1.82) is 0 Å². The van der Waals surface area contributed by atoms with Gasteiger partial charge in [0.25, 0.3) is 0 Å². The second-order valence-corrected chi connectivity index (χ2v) is 6.31. The average Bonchev–Trinajstić information content (AvgIpc) is 2.47. The van der Waals surface area contributed by atoms with Crippen LogP contribution in [0.5, 0.6) is 0 Å². The van der Waals surface area contributed by atoms with Crippen LogP contribution >= 0.6 is 115 Å². The number of rotatable bonds is 0. The molecule has 20 nitrogen and oxygen atoms in total. The van der Waals surface area contributed by atoms with Crippen LogP contribution in [0.2, 0.25) is 0 Å². The van der Waals surface area contributed by atoms with Gasteiger partial charge in [0.2, 0.25) is 0 Å². The number of halogens is 10. The molecular weight excluding hydrogens is 921 g/mol. The van der Waals surface area contributed by atoms with Crippen molar-refractivity contribution in [3.63, 3.8) is 0 Å². The van der Waals surface area contributed by atoms with Gasteiger partial charge in [-0.1, -0.05) is 0 Å². The summed E-state index contributed by atoms with van der Waals surface area (Å²) in [5.74, 6) is 0. The summed E-state index contributed by atoms with van der Waals surface area (Å²) < 4.78 is 0. The molecule has 0 aliphatic carbocycles.